The largest absolute Gasteiger partial charge is 0.507 e. The van der Waals surface area contributed by atoms with Gasteiger partial charge in [0.1, 0.15) is 29.6 Å². The Balaban J connectivity index is 1.56. The van der Waals surface area contributed by atoms with Crippen molar-refractivity contribution in [3.63, 3.8) is 0 Å². The van der Waals surface area contributed by atoms with Gasteiger partial charge in [0.15, 0.2) is 16.6 Å². The van der Waals surface area contributed by atoms with Gasteiger partial charge in [-0.2, -0.15) is 0 Å². The molecule has 11 heteroatoms. The molecule has 0 aliphatic carbocycles. The first-order chi connectivity index (χ1) is 22.1. The Hall–Kier alpha value is -5.42. The first-order valence-corrected chi connectivity index (χ1v) is 15.3. The molecule has 1 fully saturated rings. The number of carbonyl (C=O) groups excluding carboxylic acids is 3. The van der Waals surface area contributed by atoms with Gasteiger partial charge in [-0.15, -0.1) is 0 Å². The monoisotopic (exact) mass is 640 g/mol. The number of aryl methyl sites for hydroxylation is 2. The number of Topliss-reactive ketones (excluding diaryl/α,β-unsaturated/α-hetero) is 1. The van der Waals surface area contributed by atoms with Gasteiger partial charge in [-0.1, -0.05) is 59.9 Å². The number of esters is 1. The number of amides is 1. The van der Waals surface area contributed by atoms with Gasteiger partial charge in [-0.25, -0.2) is 9.78 Å². The summed E-state index contributed by atoms with van der Waals surface area (Å²) < 4.78 is 16.6. The van der Waals surface area contributed by atoms with E-state index in [4.69, 9.17) is 14.2 Å². The Morgan fingerprint density at radius 3 is 2.52 bits per heavy atom. The number of hydrogen-bond donors (Lipinski definition) is 2. The van der Waals surface area contributed by atoms with Crippen molar-refractivity contribution in [1.82, 2.24) is 4.98 Å². The van der Waals surface area contributed by atoms with Crippen LogP contribution in [0.3, 0.4) is 0 Å². The summed E-state index contributed by atoms with van der Waals surface area (Å²) in [7, 11) is 0. The van der Waals surface area contributed by atoms with Gasteiger partial charge in [-0.3, -0.25) is 14.5 Å². The van der Waals surface area contributed by atoms with Crippen LogP contribution in [0.1, 0.15) is 50.6 Å². The number of rotatable bonds is 11. The van der Waals surface area contributed by atoms with Gasteiger partial charge < -0.3 is 24.4 Å². The third kappa shape index (κ3) is 6.50. The molecule has 4 aromatic rings. The molecule has 10 nitrogen and oxygen atoms in total. The van der Waals surface area contributed by atoms with Gasteiger partial charge in [-0.05, 0) is 68.3 Å². The van der Waals surface area contributed by atoms with Crippen molar-refractivity contribution in [3.05, 3.63) is 118 Å². The maximum Gasteiger partial charge on any atom is 0.350 e. The Morgan fingerprint density at radius 1 is 1.07 bits per heavy atom. The second kappa shape index (κ2) is 13.7. The zero-order valence-electron chi connectivity index (χ0n) is 25.5. The number of aromatic hydroxyl groups is 1. The second-order valence-electron chi connectivity index (χ2n) is 10.4. The molecule has 236 valence electrons. The van der Waals surface area contributed by atoms with Crippen LogP contribution in [-0.4, -0.2) is 46.1 Å². The van der Waals surface area contributed by atoms with Crippen LogP contribution in [0.15, 0.2) is 85.0 Å². The van der Waals surface area contributed by atoms with E-state index < -0.39 is 29.5 Å². The molecule has 5 rings (SSSR count). The molecule has 0 spiro atoms. The smallest absolute Gasteiger partial charge is 0.350 e. The number of carbonyl (C=O) groups is 3. The van der Waals surface area contributed by atoms with Gasteiger partial charge in [0.05, 0.1) is 23.9 Å². The van der Waals surface area contributed by atoms with E-state index in [1.54, 1.807) is 38.1 Å². The fourth-order valence-electron chi connectivity index (χ4n) is 5.03. The number of hydrogen-bond acceptors (Lipinski definition) is 10. The molecule has 2 heterocycles. The highest BCUT2D eigenvalue weighted by molar-refractivity contribution is 7.17. The number of nitrogens with zero attached hydrogens (tertiary/aromatic N) is 2. The first-order valence-electron chi connectivity index (χ1n) is 14.4. The van der Waals surface area contributed by atoms with Crippen molar-refractivity contribution in [2.24, 2.45) is 0 Å². The summed E-state index contributed by atoms with van der Waals surface area (Å²) in [4.78, 5) is 45.7. The van der Waals surface area contributed by atoms with Crippen LogP contribution in [0, 0.1) is 13.8 Å². The molecule has 1 saturated heterocycles. The number of aliphatic hydroxyl groups is 1. The number of benzene rings is 3. The lowest BCUT2D eigenvalue weighted by Crippen LogP contribution is -2.29. The third-order valence-electron chi connectivity index (χ3n) is 7.17. The molecule has 3 aromatic carbocycles. The summed E-state index contributed by atoms with van der Waals surface area (Å²) in [5.41, 5.74) is 2.86. The number of aromatic nitrogens is 1. The van der Waals surface area contributed by atoms with E-state index in [-0.39, 0.29) is 45.9 Å². The number of phenols is 1. The Kier molecular flexibility index (Phi) is 9.53. The molecule has 1 unspecified atom stereocenters. The third-order valence-corrected chi connectivity index (χ3v) is 8.31. The standard InChI is InChI=1S/C35H32N2O8S/c1-5-16-44-34(42)32-21(4)36-35(46-32)37-29(24-12-15-26(38)27(18-24)43-6-2)28(31(40)33(37)41)30(39)23-10-13-25(14-11-23)45-19-22-9-7-8-20(3)17-22/h5,7-15,17-18,29,38-39H,1,6,16,19H2,2-4H3/b30-28+. The summed E-state index contributed by atoms with van der Waals surface area (Å²) in [5, 5.41) is 22.0. The highest BCUT2D eigenvalue weighted by Crippen LogP contribution is 2.45. The molecule has 46 heavy (non-hydrogen) atoms. The van der Waals surface area contributed by atoms with Gasteiger partial charge in [0, 0.05) is 5.56 Å². The zero-order chi connectivity index (χ0) is 33.0. The quantitative estimate of drug-likeness (QED) is 0.0627. The highest BCUT2D eigenvalue weighted by Gasteiger charge is 2.48. The van der Waals surface area contributed by atoms with E-state index in [1.165, 1.54) is 24.3 Å². The number of phenolic OH excluding ortho intramolecular Hbond substituents is 1. The van der Waals surface area contributed by atoms with Crippen LogP contribution in [0.25, 0.3) is 5.76 Å². The average molecular weight is 641 g/mol. The van der Waals surface area contributed by atoms with Crippen molar-refractivity contribution < 1.29 is 38.8 Å². The average Bonchev–Trinajstić information content (AvgIpc) is 3.56. The lowest BCUT2D eigenvalue weighted by Gasteiger charge is -2.23. The van der Waals surface area contributed by atoms with Crippen LogP contribution < -0.4 is 14.4 Å². The fourth-order valence-corrected chi connectivity index (χ4v) is 6.01. The fraction of sp³-hybridized carbons (Fsp3) is 0.200. The highest BCUT2D eigenvalue weighted by atomic mass is 32.1. The van der Waals surface area contributed by atoms with Crippen LogP contribution in [0.2, 0.25) is 0 Å². The number of ketones is 1. The molecule has 1 aliphatic heterocycles. The van der Waals surface area contributed by atoms with E-state index in [1.807, 2.05) is 31.2 Å². The summed E-state index contributed by atoms with van der Waals surface area (Å²) in [6, 6.07) is 17.7. The molecule has 1 atom stereocenters. The van der Waals surface area contributed by atoms with Crippen molar-refractivity contribution in [2.45, 2.75) is 33.4 Å². The maximum absolute atomic E-state index is 13.6. The minimum atomic E-state index is -1.17. The Bertz CT molecular complexity index is 1840. The minimum Gasteiger partial charge on any atom is -0.507 e. The van der Waals surface area contributed by atoms with Crippen LogP contribution >= 0.6 is 11.3 Å². The maximum atomic E-state index is 13.6. The first kappa shape index (κ1) is 32.0. The van der Waals surface area contributed by atoms with Crippen LogP contribution in [-0.2, 0) is 20.9 Å². The van der Waals surface area contributed by atoms with Crippen molar-refractivity contribution in [3.8, 4) is 17.2 Å². The van der Waals surface area contributed by atoms with E-state index >= 15 is 0 Å². The van der Waals surface area contributed by atoms with Crippen molar-refractivity contribution in [1.29, 1.82) is 0 Å². The SMILES string of the molecule is C=CCOC(=O)c1sc(N2C(=O)C(=O)/C(=C(/O)c3ccc(OCc4cccc(C)c4)cc3)C2c2ccc(O)c(OCC)c2)nc1C. The van der Waals surface area contributed by atoms with E-state index in [2.05, 4.69) is 11.6 Å². The topological polar surface area (TPSA) is 135 Å². The molecule has 1 aromatic heterocycles. The van der Waals surface area contributed by atoms with Gasteiger partial charge in [0.25, 0.3) is 5.78 Å². The molecule has 0 radical (unpaired) electrons. The van der Waals surface area contributed by atoms with Crippen molar-refractivity contribution in [2.75, 3.05) is 18.1 Å². The van der Waals surface area contributed by atoms with E-state index in [9.17, 15) is 24.6 Å². The lowest BCUT2D eigenvalue weighted by atomic mass is 9.95. The number of ether oxygens (including phenoxy) is 3. The summed E-state index contributed by atoms with van der Waals surface area (Å²) >= 11 is 0.885. The van der Waals surface area contributed by atoms with Crippen LogP contribution in [0.5, 0.6) is 17.2 Å². The minimum absolute atomic E-state index is 0.0144. The Morgan fingerprint density at radius 2 is 1.83 bits per heavy atom. The van der Waals surface area contributed by atoms with Gasteiger partial charge in [0.2, 0.25) is 0 Å². The molecule has 1 amide bonds. The molecule has 0 bridgehead atoms. The predicted octanol–water partition coefficient (Wildman–Crippen LogP) is 6.41. The van der Waals surface area contributed by atoms with Crippen molar-refractivity contribution >= 4 is 39.9 Å². The molecular formula is C35H32N2O8S. The predicted molar refractivity (Wildman–Crippen MR) is 173 cm³/mol. The zero-order valence-corrected chi connectivity index (χ0v) is 26.3. The number of thiazole rings is 1. The molecule has 0 saturated carbocycles. The molecule has 2 N–H and O–H groups in total. The van der Waals surface area contributed by atoms with Gasteiger partial charge >= 0.3 is 11.9 Å². The number of anilines is 1. The lowest BCUT2D eigenvalue weighted by molar-refractivity contribution is -0.132. The molecule has 1 aliphatic rings. The Labute approximate surface area is 269 Å². The normalized spacial score (nSPS) is 15.5. The van der Waals surface area contributed by atoms with E-state index in [0.29, 0.717) is 23.6 Å². The second-order valence-corrected chi connectivity index (χ2v) is 11.4. The molecular weight excluding hydrogens is 608 g/mol. The van der Waals surface area contributed by atoms with E-state index in [0.717, 1.165) is 27.4 Å². The summed E-state index contributed by atoms with van der Waals surface area (Å²) in [6.45, 7) is 9.46. The van der Waals surface area contributed by atoms with Crippen LogP contribution in [0.4, 0.5) is 5.13 Å². The number of aliphatic hydroxyl groups excluding tert-OH is 1. The summed E-state index contributed by atoms with van der Waals surface area (Å²) in [5.74, 6) is -2.43. The summed E-state index contributed by atoms with van der Waals surface area (Å²) in [6.07, 6.45) is 1.43.